The highest BCUT2D eigenvalue weighted by Crippen LogP contribution is 2.27. The lowest BCUT2D eigenvalue weighted by Crippen LogP contribution is -2.19. The molecule has 1 aliphatic rings. The van der Waals surface area contributed by atoms with E-state index in [1.54, 1.807) is 12.1 Å². The van der Waals surface area contributed by atoms with E-state index in [1.165, 1.54) is 30.3 Å². The molecular weight excluding hydrogens is 353 g/mol. The fourth-order valence-corrected chi connectivity index (χ4v) is 2.88. The Balaban J connectivity index is 1.66. The lowest BCUT2D eigenvalue weighted by molar-refractivity contribution is -0.115. The van der Waals surface area contributed by atoms with Gasteiger partial charge < -0.3 is 19.9 Å². The molecule has 0 radical (unpaired) electrons. The van der Waals surface area contributed by atoms with Crippen LogP contribution < -0.4 is 10.1 Å². The van der Waals surface area contributed by atoms with E-state index in [0.29, 0.717) is 24.5 Å². The average molecular weight is 373 g/mol. The maximum absolute atomic E-state index is 13.6. The van der Waals surface area contributed by atoms with E-state index in [1.807, 2.05) is 0 Å². The third-order valence-corrected chi connectivity index (χ3v) is 4.20. The highest BCUT2D eigenvalue weighted by atomic mass is 19.1. The largest absolute Gasteiger partial charge is 0.489 e. The first-order valence-electron chi connectivity index (χ1n) is 8.67. The molecule has 1 amide bonds. The van der Waals surface area contributed by atoms with Crippen molar-refractivity contribution in [3.05, 3.63) is 59.4 Å². The van der Waals surface area contributed by atoms with Crippen LogP contribution in [-0.2, 0) is 16.0 Å². The van der Waals surface area contributed by atoms with Crippen LogP contribution in [0.4, 0.5) is 10.1 Å². The second kappa shape index (κ2) is 8.64. The van der Waals surface area contributed by atoms with Gasteiger partial charge in [0.1, 0.15) is 18.2 Å². The zero-order chi connectivity index (χ0) is 19.2. The van der Waals surface area contributed by atoms with Crippen molar-refractivity contribution in [3.8, 4) is 5.75 Å². The molecule has 0 spiro atoms. The van der Waals surface area contributed by atoms with E-state index in [2.05, 4.69) is 5.32 Å². The predicted octanol–water partition coefficient (Wildman–Crippen LogP) is 3.26. The quantitative estimate of drug-likeness (QED) is 0.778. The molecule has 2 N–H and O–H groups in total. The Morgan fingerprint density at radius 1 is 1.26 bits per heavy atom. The Hall–Kier alpha value is -2.93. The van der Waals surface area contributed by atoms with Gasteiger partial charge in [0.15, 0.2) is 0 Å². The number of carbonyl (C=O) groups is 2. The standard InChI is InChI=1S/C20H20FNO5/c21-15-6-7-18(27-12-16-5-2-8-26-16)17(11-15)22-19(23)10-13-3-1-4-14(9-13)20(24)25/h1,3-4,6-7,9,11,16H,2,5,8,10,12H2,(H,22,23)(H,24,25). The number of anilines is 1. The second-order valence-electron chi connectivity index (χ2n) is 6.32. The van der Waals surface area contributed by atoms with Crippen LogP contribution in [0, 0.1) is 5.82 Å². The maximum Gasteiger partial charge on any atom is 0.335 e. The summed E-state index contributed by atoms with van der Waals surface area (Å²) in [6.45, 7) is 1.03. The number of nitrogens with one attached hydrogen (secondary N) is 1. The van der Waals surface area contributed by atoms with Crippen LogP contribution in [0.2, 0.25) is 0 Å². The number of hydrogen-bond donors (Lipinski definition) is 2. The summed E-state index contributed by atoms with van der Waals surface area (Å²) in [7, 11) is 0. The lowest BCUT2D eigenvalue weighted by Gasteiger charge is -2.15. The molecule has 6 nitrogen and oxygen atoms in total. The molecule has 1 atom stereocenters. The number of carboxylic acid groups (broad SMARTS) is 1. The molecule has 1 saturated heterocycles. The summed E-state index contributed by atoms with van der Waals surface area (Å²) in [5.41, 5.74) is 0.879. The van der Waals surface area contributed by atoms with E-state index in [0.717, 1.165) is 12.8 Å². The number of aromatic carboxylic acids is 1. The first-order chi connectivity index (χ1) is 13.0. The van der Waals surface area contributed by atoms with E-state index >= 15 is 0 Å². The number of carbonyl (C=O) groups excluding carboxylic acids is 1. The number of amides is 1. The van der Waals surface area contributed by atoms with Crippen molar-refractivity contribution in [1.29, 1.82) is 0 Å². The van der Waals surface area contributed by atoms with Crippen molar-refractivity contribution in [3.63, 3.8) is 0 Å². The molecule has 0 aromatic heterocycles. The van der Waals surface area contributed by atoms with Crippen molar-refractivity contribution in [1.82, 2.24) is 0 Å². The molecule has 0 bridgehead atoms. The van der Waals surface area contributed by atoms with Gasteiger partial charge in [0.25, 0.3) is 0 Å². The molecule has 0 saturated carbocycles. The molecule has 2 aromatic carbocycles. The summed E-state index contributed by atoms with van der Waals surface area (Å²) in [5, 5.41) is 11.7. The fourth-order valence-electron chi connectivity index (χ4n) is 2.88. The van der Waals surface area contributed by atoms with Gasteiger partial charge in [-0.25, -0.2) is 9.18 Å². The summed E-state index contributed by atoms with van der Waals surface area (Å²) >= 11 is 0. The molecule has 0 aliphatic carbocycles. The third-order valence-electron chi connectivity index (χ3n) is 4.20. The van der Waals surface area contributed by atoms with Gasteiger partial charge in [-0.3, -0.25) is 4.79 Å². The number of carboxylic acids is 1. The van der Waals surface area contributed by atoms with Gasteiger partial charge >= 0.3 is 5.97 Å². The summed E-state index contributed by atoms with van der Waals surface area (Å²) in [6, 6.07) is 10.0. The minimum absolute atomic E-state index is 0.00244. The van der Waals surface area contributed by atoms with Gasteiger partial charge in [-0.05, 0) is 42.7 Å². The smallest absolute Gasteiger partial charge is 0.335 e. The molecule has 3 rings (SSSR count). The Morgan fingerprint density at radius 2 is 2.11 bits per heavy atom. The fraction of sp³-hybridized carbons (Fsp3) is 0.300. The van der Waals surface area contributed by atoms with Crippen LogP contribution in [0.3, 0.4) is 0 Å². The highest BCUT2D eigenvalue weighted by molar-refractivity contribution is 5.94. The zero-order valence-corrected chi connectivity index (χ0v) is 14.6. The van der Waals surface area contributed by atoms with Crippen LogP contribution >= 0.6 is 0 Å². The second-order valence-corrected chi connectivity index (χ2v) is 6.32. The topological polar surface area (TPSA) is 84.9 Å². The lowest BCUT2D eigenvalue weighted by atomic mass is 10.1. The molecule has 142 valence electrons. The van der Waals surface area contributed by atoms with E-state index in [-0.39, 0.29) is 23.8 Å². The van der Waals surface area contributed by atoms with Gasteiger partial charge in [0, 0.05) is 12.7 Å². The summed E-state index contributed by atoms with van der Waals surface area (Å²) < 4.78 is 24.8. The van der Waals surface area contributed by atoms with E-state index in [9.17, 15) is 14.0 Å². The third kappa shape index (κ3) is 5.27. The Labute approximate surface area is 155 Å². The molecule has 2 aromatic rings. The van der Waals surface area contributed by atoms with Gasteiger partial charge in [0.2, 0.25) is 5.91 Å². The Bertz CT molecular complexity index is 833. The molecule has 27 heavy (non-hydrogen) atoms. The normalized spacial score (nSPS) is 16.1. The number of halogens is 1. The number of ether oxygens (including phenoxy) is 2. The van der Waals surface area contributed by atoms with Gasteiger partial charge in [-0.15, -0.1) is 0 Å². The SMILES string of the molecule is O=C(Cc1cccc(C(=O)O)c1)Nc1cc(F)ccc1OCC1CCCO1. The molecule has 1 aliphatic heterocycles. The van der Waals surface area contributed by atoms with Gasteiger partial charge in [-0.2, -0.15) is 0 Å². The minimum Gasteiger partial charge on any atom is -0.489 e. The highest BCUT2D eigenvalue weighted by Gasteiger charge is 2.18. The average Bonchev–Trinajstić information content (AvgIpc) is 3.14. The van der Waals surface area contributed by atoms with E-state index in [4.69, 9.17) is 14.6 Å². The summed E-state index contributed by atoms with van der Waals surface area (Å²) in [4.78, 5) is 23.3. The summed E-state index contributed by atoms with van der Waals surface area (Å²) in [5.74, 6) is -1.60. The van der Waals surface area contributed by atoms with Crippen LogP contribution in [0.1, 0.15) is 28.8 Å². The van der Waals surface area contributed by atoms with Crippen LogP contribution in [-0.4, -0.2) is 36.3 Å². The maximum atomic E-state index is 13.6. The molecule has 1 unspecified atom stereocenters. The first kappa shape index (κ1) is 18.8. The van der Waals surface area contributed by atoms with Gasteiger partial charge in [-0.1, -0.05) is 12.1 Å². The molecule has 1 heterocycles. The monoisotopic (exact) mass is 373 g/mol. The first-order valence-corrected chi connectivity index (χ1v) is 8.67. The van der Waals surface area contributed by atoms with Crippen LogP contribution in [0.25, 0.3) is 0 Å². The minimum atomic E-state index is -1.06. The molecule has 1 fully saturated rings. The van der Waals surface area contributed by atoms with E-state index < -0.39 is 17.7 Å². The molecular formula is C20H20FNO5. The van der Waals surface area contributed by atoms with Crippen molar-refractivity contribution < 1.29 is 28.6 Å². The number of hydrogen-bond acceptors (Lipinski definition) is 4. The Kier molecular flexibility index (Phi) is 6.03. The Morgan fingerprint density at radius 3 is 2.85 bits per heavy atom. The van der Waals surface area contributed by atoms with Crippen molar-refractivity contribution in [2.75, 3.05) is 18.5 Å². The van der Waals surface area contributed by atoms with Crippen LogP contribution in [0.5, 0.6) is 5.75 Å². The zero-order valence-electron chi connectivity index (χ0n) is 14.6. The van der Waals surface area contributed by atoms with Crippen molar-refractivity contribution in [2.45, 2.75) is 25.4 Å². The van der Waals surface area contributed by atoms with Crippen molar-refractivity contribution >= 4 is 17.6 Å². The predicted molar refractivity (Wildman–Crippen MR) is 96.6 cm³/mol. The van der Waals surface area contributed by atoms with Crippen molar-refractivity contribution in [2.24, 2.45) is 0 Å². The van der Waals surface area contributed by atoms with Gasteiger partial charge in [0.05, 0.1) is 23.8 Å². The molecule has 7 heteroatoms. The summed E-state index contributed by atoms with van der Waals surface area (Å²) in [6.07, 6.45) is 1.85. The van der Waals surface area contributed by atoms with Crippen LogP contribution in [0.15, 0.2) is 42.5 Å². The number of rotatable bonds is 7. The number of benzene rings is 2.